The highest BCUT2D eigenvalue weighted by molar-refractivity contribution is 5.84. The summed E-state index contributed by atoms with van der Waals surface area (Å²) in [6.07, 6.45) is 0.690. The van der Waals surface area contributed by atoms with E-state index in [1.165, 1.54) is 0 Å². The first-order valence-electron chi connectivity index (χ1n) is 10.0. The fraction of sp³-hybridized carbons (Fsp3) is 0.333. The van der Waals surface area contributed by atoms with Crippen LogP contribution in [0.3, 0.4) is 0 Å². The number of hydrogen-bond acceptors (Lipinski definition) is 4. The molecular weight excluding hydrogens is 380 g/mol. The SMILES string of the molecule is COc1cc2c(cc1OC)[C@H](c1cc3ccc(C)c(C)c3[nH]c1=O)N(C(C)=O)CC2. The van der Waals surface area contributed by atoms with Gasteiger partial charge in [-0.05, 0) is 66.1 Å². The van der Waals surface area contributed by atoms with Gasteiger partial charge >= 0.3 is 0 Å². The number of methoxy groups -OCH3 is 2. The zero-order valence-electron chi connectivity index (χ0n) is 18.0. The number of ether oxygens (including phenoxy) is 2. The Bertz CT molecular complexity index is 1210. The van der Waals surface area contributed by atoms with Gasteiger partial charge in [-0.25, -0.2) is 0 Å². The second-order valence-electron chi connectivity index (χ2n) is 7.80. The maximum atomic E-state index is 13.2. The van der Waals surface area contributed by atoms with Gasteiger partial charge in [0.15, 0.2) is 11.5 Å². The summed E-state index contributed by atoms with van der Waals surface area (Å²) in [7, 11) is 3.18. The topological polar surface area (TPSA) is 71.6 Å². The fourth-order valence-corrected chi connectivity index (χ4v) is 4.37. The van der Waals surface area contributed by atoms with Crippen LogP contribution >= 0.6 is 0 Å². The number of H-pyrrole nitrogens is 1. The molecule has 0 radical (unpaired) electrons. The Labute approximate surface area is 175 Å². The number of nitrogens with one attached hydrogen (secondary N) is 1. The highest BCUT2D eigenvalue weighted by atomic mass is 16.5. The molecule has 0 unspecified atom stereocenters. The average molecular weight is 406 g/mol. The maximum Gasteiger partial charge on any atom is 0.254 e. The number of pyridine rings is 1. The van der Waals surface area contributed by atoms with Gasteiger partial charge in [-0.3, -0.25) is 9.59 Å². The molecule has 1 amide bonds. The minimum absolute atomic E-state index is 0.0694. The van der Waals surface area contributed by atoms with Crippen molar-refractivity contribution in [3.05, 3.63) is 68.5 Å². The van der Waals surface area contributed by atoms with Crippen molar-refractivity contribution < 1.29 is 14.3 Å². The molecule has 1 atom stereocenters. The zero-order chi connectivity index (χ0) is 21.6. The van der Waals surface area contributed by atoms with E-state index in [1.807, 2.05) is 44.2 Å². The minimum atomic E-state index is -0.485. The number of rotatable bonds is 3. The van der Waals surface area contributed by atoms with Crippen molar-refractivity contribution in [2.24, 2.45) is 0 Å². The van der Waals surface area contributed by atoms with Crippen molar-refractivity contribution in [1.82, 2.24) is 9.88 Å². The molecule has 1 aliphatic rings. The first kappa shape index (κ1) is 20.0. The van der Waals surface area contributed by atoms with Crippen LogP contribution in [-0.4, -0.2) is 36.6 Å². The molecule has 2 heterocycles. The van der Waals surface area contributed by atoms with Crippen molar-refractivity contribution in [2.45, 2.75) is 33.2 Å². The zero-order valence-corrected chi connectivity index (χ0v) is 18.0. The van der Waals surface area contributed by atoms with Crippen LogP contribution in [0, 0.1) is 13.8 Å². The van der Waals surface area contributed by atoms with Crippen molar-refractivity contribution in [3.63, 3.8) is 0 Å². The van der Waals surface area contributed by atoms with E-state index in [0.29, 0.717) is 30.0 Å². The maximum absolute atomic E-state index is 13.2. The summed E-state index contributed by atoms with van der Waals surface area (Å²) in [5.74, 6) is 1.15. The Kier molecular flexibility index (Phi) is 5.02. The molecule has 6 heteroatoms. The molecule has 0 aliphatic carbocycles. The summed E-state index contributed by atoms with van der Waals surface area (Å²) in [4.78, 5) is 30.5. The standard InChI is InChI=1S/C24H26N2O4/c1-13-6-7-17-10-19(24(28)25-22(17)14(13)2)23-18-12-21(30-5)20(29-4)11-16(18)8-9-26(23)15(3)27/h6-7,10-12,23H,8-9H2,1-5H3,(H,25,28)/t23-/m1/s1. The largest absolute Gasteiger partial charge is 0.493 e. The lowest BCUT2D eigenvalue weighted by atomic mass is 9.87. The molecular formula is C24H26N2O4. The molecule has 1 N–H and O–H groups in total. The Morgan fingerprint density at radius 1 is 1.07 bits per heavy atom. The first-order valence-corrected chi connectivity index (χ1v) is 10.0. The third-order valence-electron chi connectivity index (χ3n) is 6.15. The van der Waals surface area contributed by atoms with Gasteiger partial charge in [-0.2, -0.15) is 0 Å². The number of fused-ring (bicyclic) bond motifs is 2. The third kappa shape index (κ3) is 3.12. The molecule has 2 aromatic carbocycles. The van der Waals surface area contributed by atoms with E-state index in [2.05, 4.69) is 4.98 Å². The summed E-state index contributed by atoms with van der Waals surface area (Å²) in [5, 5.41) is 0.948. The van der Waals surface area contributed by atoms with E-state index in [-0.39, 0.29) is 11.5 Å². The molecule has 0 saturated heterocycles. The number of aromatic nitrogens is 1. The Hall–Kier alpha value is -3.28. The molecule has 1 aromatic heterocycles. The van der Waals surface area contributed by atoms with E-state index >= 15 is 0 Å². The summed E-state index contributed by atoms with van der Waals surface area (Å²) in [6.45, 7) is 6.10. The van der Waals surface area contributed by atoms with Gasteiger partial charge in [-0.1, -0.05) is 12.1 Å². The second kappa shape index (κ2) is 7.52. The smallest absolute Gasteiger partial charge is 0.254 e. The van der Waals surface area contributed by atoms with Crippen LogP contribution in [0.5, 0.6) is 11.5 Å². The lowest BCUT2D eigenvalue weighted by Crippen LogP contribution is -2.41. The summed E-state index contributed by atoms with van der Waals surface area (Å²) >= 11 is 0. The Balaban J connectivity index is 1.98. The minimum Gasteiger partial charge on any atom is -0.493 e. The summed E-state index contributed by atoms with van der Waals surface area (Å²) < 4.78 is 10.9. The van der Waals surface area contributed by atoms with Crippen molar-refractivity contribution in [2.75, 3.05) is 20.8 Å². The number of amides is 1. The van der Waals surface area contributed by atoms with Crippen LogP contribution in [0.4, 0.5) is 0 Å². The van der Waals surface area contributed by atoms with Crippen molar-refractivity contribution in [1.29, 1.82) is 0 Å². The molecule has 0 fully saturated rings. The number of aromatic amines is 1. The van der Waals surface area contributed by atoms with Gasteiger partial charge in [0.1, 0.15) is 0 Å². The van der Waals surface area contributed by atoms with Crippen molar-refractivity contribution in [3.8, 4) is 11.5 Å². The fourth-order valence-electron chi connectivity index (χ4n) is 4.37. The molecule has 0 spiro atoms. The highest BCUT2D eigenvalue weighted by Gasteiger charge is 2.33. The molecule has 30 heavy (non-hydrogen) atoms. The van der Waals surface area contributed by atoms with E-state index in [0.717, 1.165) is 33.2 Å². The van der Waals surface area contributed by atoms with Crippen molar-refractivity contribution >= 4 is 16.8 Å². The lowest BCUT2D eigenvalue weighted by molar-refractivity contribution is -0.130. The third-order valence-corrected chi connectivity index (χ3v) is 6.15. The normalized spacial score (nSPS) is 15.8. The summed E-state index contributed by atoms with van der Waals surface area (Å²) in [5.41, 5.74) is 5.31. The monoisotopic (exact) mass is 406 g/mol. The molecule has 1 aliphatic heterocycles. The number of benzene rings is 2. The molecule has 6 nitrogen and oxygen atoms in total. The van der Waals surface area contributed by atoms with E-state index < -0.39 is 6.04 Å². The molecule has 4 rings (SSSR count). The van der Waals surface area contributed by atoms with Gasteiger partial charge in [0.25, 0.3) is 5.56 Å². The number of carbonyl (C=O) groups excluding carboxylic acids is 1. The molecule has 3 aromatic rings. The molecule has 0 saturated carbocycles. The number of nitrogens with zero attached hydrogens (tertiary/aromatic N) is 1. The van der Waals surface area contributed by atoms with Crippen LogP contribution in [0.2, 0.25) is 0 Å². The van der Waals surface area contributed by atoms with Crippen LogP contribution in [0.15, 0.2) is 35.1 Å². The van der Waals surface area contributed by atoms with Crippen LogP contribution in [0.1, 0.15) is 40.8 Å². The van der Waals surface area contributed by atoms with E-state index in [1.54, 1.807) is 26.0 Å². The van der Waals surface area contributed by atoms with E-state index in [9.17, 15) is 9.59 Å². The van der Waals surface area contributed by atoms with Gasteiger partial charge in [0, 0.05) is 19.0 Å². The second-order valence-corrected chi connectivity index (χ2v) is 7.80. The average Bonchev–Trinajstić information content (AvgIpc) is 2.74. The summed E-state index contributed by atoms with van der Waals surface area (Å²) in [6, 6.07) is 9.31. The van der Waals surface area contributed by atoms with Crippen LogP contribution in [-0.2, 0) is 11.2 Å². The Morgan fingerprint density at radius 3 is 2.43 bits per heavy atom. The lowest BCUT2D eigenvalue weighted by Gasteiger charge is -2.37. The predicted octanol–water partition coefficient (Wildman–Crippen LogP) is 3.66. The molecule has 0 bridgehead atoms. The van der Waals surface area contributed by atoms with Crippen LogP contribution in [0.25, 0.3) is 10.9 Å². The highest BCUT2D eigenvalue weighted by Crippen LogP contribution is 2.40. The number of aryl methyl sites for hydroxylation is 2. The predicted molar refractivity (Wildman–Crippen MR) is 117 cm³/mol. The molecule has 156 valence electrons. The van der Waals surface area contributed by atoms with Gasteiger partial charge in [0.2, 0.25) is 5.91 Å². The Morgan fingerprint density at radius 2 is 1.77 bits per heavy atom. The van der Waals surface area contributed by atoms with Gasteiger partial charge in [0.05, 0.1) is 25.8 Å². The van der Waals surface area contributed by atoms with Gasteiger partial charge < -0.3 is 19.4 Å². The van der Waals surface area contributed by atoms with Gasteiger partial charge in [-0.15, -0.1) is 0 Å². The van der Waals surface area contributed by atoms with E-state index in [4.69, 9.17) is 9.47 Å². The quantitative estimate of drug-likeness (QED) is 0.721. The number of carbonyl (C=O) groups is 1. The number of hydrogen-bond donors (Lipinski definition) is 1. The van der Waals surface area contributed by atoms with Crippen LogP contribution < -0.4 is 15.0 Å². The first-order chi connectivity index (χ1) is 14.3.